The quantitative estimate of drug-likeness (QED) is 0.838. The summed E-state index contributed by atoms with van der Waals surface area (Å²) in [5.74, 6) is 0. The van der Waals surface area contributed by atoms with Crippen LogP contribution in [0.3, 0.4) is 0 Å². The summed E-state index contributed by atoms with van der Waals surface area (Å²) in [4.78, 5) is 2.20. The molecule has 1 saturated heterocycles. The number of anilines is 1. The van der Waals surface area contributed by atoms with Crippen molar-refractivity contribution in [2.24, 2.45) is 5.41 Å². The zero-order valence-electron chi connectivity index (χ0n) is 11.1. The van der Waals surface area contributed by atoms with E-state index < -0.39 is 0 Å². The minimum atomic E-state index is -0.133. The maximum Gasteiger partial charge on any atom is 0.166 e. The van der Waals surface area contributed by atoms with E-state index in [1.54, 1.807) is 0 Å². The summed E-state index contributed by atoms with van der Waals surface area (Å²) in [6, 6.07) is 7.84. The Kier molecular flexibility index (Phi) is 4.15. The number of rotatable bonds is 3. The molecule has 1 atom stereocenters. The highest BCUT2D eigenvalue weighted by Gasteiger charge is 2.37. The van der Waals surface area contributed by atoms with Gasteiger partial charge in [0.25, 0.3) is 0 Å². The molecule has 1 aromatic rings. The maximum atomic E-state index is 5.90. The Balaban J connectivity index is 2.08. The zero-order valence-corrected chi connectivity index (χ0v) is 11.9. The first-order chi connectivity index (χ1) is 8.53. The molecule has 100 valence electrons. The Morgan fingerprint density at radius 2 is 2.06 bits per heavy atom. The number of ether oxygens (including phenoxy) is 2. The predicted octanol–water partition coefficient (Wildman–Crippen LogP) is 3.52. The van der Waals surface area contributed by atoms with Crippen LogP contribution < -0.4 is 4.90 Å². The third-order valence-electron chi connectivity index (χ3n) is 3.13. The van der Waals surface area contributed by atoms with Crippen LogP contribution in [0.1, 0.15) is 20.8 Å². The van der Waals surface area contributed by atoms with E-state index in [9.17, 15) is 0 Å². The van der Waals surface area contributed by atoms with E-state index in [4.69, 9.17) is 21.1 Å². The molecule has 18 heavy (non-hydrogen) atoms. The molecular weight excluding hydrogens is 250 g/mol. The molecule has 0 radical (unpaired) electrons. The molecule has 1 aliphatic heterocycles. The highest BCUT2D eigenvalue weighted by atomic mass is 35.5. The van der Waals surface area contributed by atoms with E-state index >= 15 is 0 Å². The van der Waals surface area contributed by atoms with Crippen LogP contribution in [0, 0.1) is 5.41 Å². The zero-order chi connectivity index (χ0) is 13.2. The molecule has 0 bridgehead atoms. The van der Waals surface area contributed by atoms with Gasteiger partial charge in [-0.3, -0.25) is 0 Å². The Morgan fingerprint density at radius 3 is 2.61 bits per heavy atom. The van der Waals surface area contributed by atoms with E-state index in [0.717, 1.165) is 17.3 Å². The summed E-state index contributed by atoms with van der Waals surface area (Å²) in [5, 5.41) is 0.753. The number of hydrogen-bond acceptors (Lipinski definition) is 3. The van der Waals surface area contributed by atoms with Crippen molar-refractivity contribution >= 4 is 17.3 Å². The highest BCUT2D eigenvalue weighted by molar-refractivity contribution is 6.30. The summed E-state index contributed by atoms with van der Waals surface area (Å²) in [5.41, 5.74) is 1.09. The van der Waals surface area contributed by atoms with Crippen molar-refractivity contribution < 1.29 is 9.47 Å². The summed E-state index contributed by atoms with van der Waals surface area (Å²) < 4.78 is 11.4. The Hall–Kier alpha value is -0.770. The predicted molar refractivity (Wildman–Crippen MR) is 73.9 cm³/mol. The molecule has 0 saturated carbocycles. The molecule has 1 unspecified atom stereocenters. The van der Waals surface area contributed by atoms with E-state index in [1.165, 1.54) is 0 Å². The largest absolute Gasteiger partial charge is 0.352 e. The molecule has 4 heteroatoms. The number of halogens is 1. The number of benzene rings is 1. The fourth-order valence-corrected chi connectivity index (χ4v) is 2.36. The monoisotopic (exact) mass is 269 g/mol. The van der Waals surface area contributed by atoms with Crippen molar-refractivity contribution in [3.05, 3.63) is 29.3 Å². The van der Waals surface area contributed by atoms with Crippen LogP contribution in [0.2, 0.25) is 5.02 Å². The molecule has 2 rings (SSSR count). The minimum absolute atomic E-state index is 0.0338. The smallest absolute Gasteiger partial charge is 0.166 e. The molecule has 1 heterocycles. The van der Waals surface area contributed by atoms with E-state index in [2.05, 4.69) is 18.7 Å². The minimum Gasteiger partial charge on any atom is -0.352 e. The topological polar surface area (TPSA) is 21.7 Å². The van der Waals surface area contributed by atoms with Gasteiger partial charge >= 0.3 is 0 Å². The molecular formula is C14H20ClNO2. The second-order valence-corrected chi connectivity index (χ2v) is 5.68. The van der Waals surface area contributed by atoms with Crippen LogP contribution in [-0.2, 0) is 9.47 Å². The third-order valence-corrected chi connectivity index (χ3v) is 3.38. The molecule has 1 aromatic carbocycles. The lowest BCUT2D eigenvalue weighted by molar-refractivity contribution is -0.211. The maximum absolute atomic E-state index is 5.90. The van der Waals surface area contributed by atoms with Gasteiger partial charge in [0, 0.05) is 29.3 Å². The molecule has 1 aliphatic rings. The van der Waals surface area contributed by atoms with Crippen LogP contribution in [0.4, 0.5) is 5.69 Å². The molecule has 0 amide bonds. The second kappa shape index (κ2) is 5.47. The van der Waals surface area contributed by atoms with Gasteiger partial charge in [-0.15, -0.1) is 0 Å². The Morgan fingerprint density at radius 1 is 1.39 bits per heavy atom. The van der Waals surface area contributed by atoms with Gasteiger partial charge < -0.3 is 14.4 Å². The normalized spacial score (nSPS) is 23.1. The lowest BCUT2D eigenvalue weighted by Gasteiger charge is -2.44. The number of hydrogen-bond donors (Lipinski definition) is 0. The van der Waals surface area contributed by atoms with Crippen LogP contribution in [-0.4, -0.2) is 26.2 Å². The van der Waals surface area contributed by atoms with Gasteiger partial charge in [-0.25, -0.2) is 0 Å². The summed E-state index contributed by atoms with van der Waals surface area (Å²) in [7, 11) is 0. The van der Waals surface area contributed by atoms with Crippen molar-refractivity contribution in [2.75, 3.05) is 24.8 Å². The molecule has 0 spiro atoms. The lowest BCUT2D eigenvalue weighted by Crippen LogP contribution is -2.51. The Labute approximate surface area is 114 Å². The fourth-order valence-electron chi connectivity index (χ4n) is 2.24. The van der Waals surface area contributed by atoms with Gasteiger partial charge in [-0.1, -0.05) is 25.4 Å². The van der Waals surface area contributed by atoms with Crippen molar-refractivity contribution in [3.63, 3.8) is 0 Å². The van der Waals surface area contributed by atoms with Gasteiger partial charge in [-0.2, -0.15) is 0 Å². The summed E-state index contributed by atoms with van der Waals surface area (Å²) in [6.07, 6.45) is -0.133. The third kappa shape index (κ3) is 2.97. The second-order valence-electron chi connectivity index (χ2n) is 5.25. The SMILES string of the molecule is CCOC1OCN(c2ccc(Cl)cc2)CC1(C)C. The summed E-state index contributed by atoms with van der Waals surface area (Å²) in [6.45, 7) is 8.44. The van der Waals surface area contributed by atoms with Crippen LogP contribution in [0.5, 0.6) is 0 Å². The van der Waals surface area contributed by atoms with Crippen LogP contribution >= 0.6 is 11.6 Å². The van der Waals surface area contributed by atoms with Gasteiger partial charge in [0.05, 0.1) is 0 Å². The lowest BCUT2D eigenvalue weighted by atomic mass is 9.90. The first-order valence-corrected chi connectivity index (χ1v) is 6.64. The van der Waals surface area contributed by atoms with E-state index in [0.29, 0.717) is 13.3 Å². The van der Waals surface area contributed by atoms with Gasteiger partial charge in [0.15, 0.2) is 6.29 Å². The van der Waals surface area contributed by atoms with Crippen molar-refractivity contribution in [3.8, 4) is 0 Å². The standard InChI is InChI=1S/C14H20ClNO2/c1-4-17-13-14(2,3)9-16(10-18-13)12-7-5-11(15)6-8-12/h5-8,13H,4,9-10H2,1-3H3. The molecule has 0 aliphatic carbocycles. The summed E-state index contributed by atoms with van der Waals surface area (Å²) >= 11 is 5.90. The first-order valence-electron chi connectivity index (χ1n) is 6.26. The average molecular weight is 270 g/mol. The molecule has 0 N–H and O–H groups in total. The van der Waals surface area contributed by atoms with E-state index in [-0.39, 0.29) is 11.7 Å². The molecule has 0 aromatic heterocycles. The fraction of sp³-hybridized carbons (Fsp3) is 0.571. The number of nitrogens with zero attached hydrogens (tertiary/aromatic N) is 1. The van der Waals surface area contributed by atoms with Gasteiger partial charge in [-0.05, 0) is 31.2 Å². The van der Waals surface area contributed by atoms with Crippen LogP contribution in [0.15, 0.2) is 24.3 Å². The van der Waals surface area contributed by atoms with Crippen molar-refractivity contribution in [1.82, 2.24) is 0 Å². The highest BCUT2D eigenvalue weighted by Crippen LogP contribution is 2.32. The van der Waals surface area contributed by atoms with E-state index in [1.807, 2.05) is 31.2 Å². The van der Waals surface area contributed by atoms with Crippen molar-refractivity contribution in [2.45, 2.75) is 27.1 Å². The van der Waals surface area contributed by atoms with Gasteiger partial charge in [0.1, 0.15) is 6.73 Å². The Bertz CT molecular complexity index is 391. The van der Waals surface area contributed by atoms with Gasteiger partial charge in [0.2, 0.25) is 0 Å². The average Bonchev–Trinajstić information content (AvgIpc) is 2.32. The molecule has 1 fully saturated rings. The van der Waals surface area contributed by atoms with Crippen LogP contribution in [0.25, 0.3) is 0 Å². The first kappa shape index (κ1) is 13.7. The van der Waals surface area contributed by atoms with Crippen molar-refractivity contribution in [1.29, 1.82) is 0 Å². The molecule has 3 nitrogen and oxygen atoms in total.